The van der Waals surface area contributed by atoms with Crippen molar-refractivity contribution in [2.45, 2.75) is 25.8 Å². The lowest BCUT2D eigenvalue weighted by Crippen LogP contribution is -2.24. The van der Waals surface area contributed by atoms with E-state index < -0.39 is 0 Å². The maximum Gasteiger partial charge on any atom is 0.166 e. The Morgan fingerprint density at radius 3 is 2.88 bits per heavy atom. The topological polar surface area (TPSA) is 80.0 Å². The number of nitrogen functional groups attached to an aromatic ring is 1. The van der Waals surface area contributed by atoms with Gasteiger partial charge in [-0.25, -0.2) is 9.37 Å². The second kappa shape index (κ2) is 7.82. The molecule has 0 atom stereocenters. The van der Waals surface area contributed by atoms with E-state index in [1.54, 1.807) is 24.4 Å². The van der Waals surface area contributed by atoms with Crippen LogP contribution in [0.15, 0.2) is 66.1 Å². The molecule has 0 fully saturated rings. The highest BCUT2D eigenvalue weighted by molar-refractivity contribution is 6.01. The number of anilines is 2. The summed E-state index contributed by atoms with van der Waals surface area (Å²) in [5.74, 6) is 0.137. The first-order chi connectivity index (χ1) is 12.5. The Morgan fingerprint density at radius 1 is 1.27 bits per heavy atom. The van der Waals surface area contributed by atoms with Crippen LogP contribution < -0.4 is 16.4 Å². The second-order valence-electron chi connectivity index (χ2n) is 6.19. The number of hydrogen-bond acceptors (Lipinski definition) is 5. The maximum absolute atomic E-state index is 13.4. The van der Waals surface area contributed by atoms with Crippen molar-refractivity contribution in [3.8, 4) is 0 Å². The molecule has 0 amide bonds. The molecule has 1 aliphatic carbocycles. The zero-order valence-electron chi connectivity index (χ0n) is 14.4. The van der Waals surface area contributed by atoms with E-state index in [1.165, 1.54) is 12.1 Å². The van der Waals surface area contributed by atoms with E-state index in [9.17, 15) is 9.18 Å². The Bertz CT molecular complexity index is 876. The van der Waals surface area contributed by atoms with Gasteiger partial charge in [0.15, 0.2) is 5.78 Å². The number of nitrogens with zero attached hydrogens (tertiary/aromatic N) is 1. The van der Waals surface area contributed by atoms with Crippen LogP contribution in [0.1, 0.15) is 24.8 Å². The van der Waals surface area contributed by atoms with Gasteiger partial charge in [0.2, 0.25) is 0 Å². The number of benzene rings is 1. The average Bonchev–Trinajstić information content (AvgIpc) is 2.60. The lowest BCUT2D eigenvalue weighted by atomic mass is 9.92. The van der Waals surface area contributed by atoms with E-state index in [1.807, 2.05) is 6.07 Å². The van der Waals surface area contributed by atoms with Crippen molar-refractivity contribution in [2.24, 2.45) is 0 Å². The number of nitrogens with two attached hydrogens (primary N) is 1. The summed E-state index contributed by atoms with van der Waals surface area (Å²) in [7, 11) is 0. The van der Waals surface area contributed by atoms with Crippen molar-refractivity contribution in [3.63, 3.8) is 0 Å². The number of halogens is 1. The number of allylic oxidation sites excluding steroid dienone is 2. The highest BCUT2D eigenvalue weighted by Crippen LogP contribution is 2.26. The first-order valence-corrected chi connectivity index (χ1v) is 8.45. The molecule has 3 rings (SSSR count). The molecule has 6 heteroatoms. The summed E-state index contributed by atoms with van der Waals surface area (Å²) in [6, 6.07) is 9.73. The van der Waals surface area contributed by atoms with Crippen molar-refractivity contribution < 1.29 is 9.18 Å². The number of nitrogens with one attached hydrogen (secondary N) is 2. The molecular formula is C20H21FN4O. The van der Waals surface area contributed by atoms with Gasteiger partial charge in [-0.05, 0) is 48.7 Å². The molecule has 0 radical (unpaired) electrons. The largest absolute Gasteiger partial charge is 0.384 e. The fraction of sp³-hybridized carbons (Fsp3) is 0.200. The normalized spacial score (nSPS) is 14.3. The van der Waals surface area contributed by atoms with Gasteiger partial charge in [-0.2, -0.15) is 0 Å². The van der Waals surface area contributed by atoms with Crippen LogP contribution in [-0.2, 0) is 11.3 Å². The van der Waals surface area contributed by atoms with Crippen molar-refractivity contribution >= 4 is 17.3 Å². The number of carbonyl (C=O) groups is 1. The Hall–Kier alpha value is -3.15. The van der Waals surface area contributed by atoms with Gasteiger partial charge in [0, 0.05) is 36.2 Å². The monoisotopic (exact) mass is 352 g/mol. The standard InChI is InChI=1S/C20H21FN4O/c1-13(25-16-5-2-4-15(21)11-16)20-17(6-3-7-18(20)26)24-12-14-8-9-23-19(22)10-14/h2,4-5,8-11,24-25H,1,3,6-7,12H2,(H2,22,23). The molecule has 0 unspecified atom stereocenters. The minimum Gasteiger partial charge on any atom is -0.384 e. The predicted octanol–water partition coefficient (Wildman–Crippen LogP) is 3.53. The summed E-state index contributed by atoms with van der Waals surface area (Å²) in [4.78, 5) is 16.4. The van der Waals surface area contributed by atoms with E-state index >= 15 is 0 Å². The molecule has 0 aliphatic heterocycles. The molecule has 4 N–H and O–H groups in total. The highest BCUT2D eigenvalue weighted by Gasteiger charge is 2.23. The van der Waals surface area contributed by atoms with Gasteiger partial charge >= 0.3 is 0 Å². The summed E-state index contributed by atoms with van der Waals surface area (Å²) in [6.45, 7) is 4.52. The zero-order valence-corrected chi connectivity index (χ0v) is 14.4. The number of hydrogen-bond donors (Lipinski definition) is 3. The first kappa shape index (κ1) is 17.7. The van der Waals surface area contributed by atoms with Gasteiger partial charge in [-0.15, -0.1) is 0 Å². The fourth-order valence-corrected chi connectivity index (χ4v) is 2.99. The van der Waals surface area contributed by atoms with E-state index in [2.05, 4.69) is 22.2 Å². The van der Waals surface area contributed by atoms with Crippen LogP contribution in [0.4, 0.5) is 15.9 Å². The fourth-order valence-electron chi connectivity index (χ4n) is 2.99. The number of Topliss-reactive ketones (excluding diaryl/α,β-unsaturated/α-hetero) is 1. The Labute approximate surface area is 151 Å². The second-order valence-corrected chi connectivity index (χ2v) is 6.19. The number of rotatable bonds is 6. The first-order valence-electron chi connectivity index (χ1n) is 8.45. The molecule has 0 bridgehead atoms. The highest BCUT2D eigenvalue weighted by atomic mass is 19.1. The Balaban J connectivity index is 1.79. The summed E-state index contributed by atoms with van der Waals surface area (Å²) in [5, 5.41) is 6.36. The van der Waals surface area contributed by atoms with Crippen LogP contribution in [0.2, 0.25) is 0 Å². The Morgan fingerprint density at radius 2 is 2.12 bits per heavy atom. The SMILES string of the molecule is C=C(Nc1cccc(F)c1)C1=C(NCc2ccnc(N)c2)CCCC1=O. The molecule has 5 nitrogen and oxygen atoms in total. The maximum atomic E-state index is 13.4. The molecule has 0 saturated heterocycles. The van der Waals surface area contributed by atoms with Crippen molar-refractivity contribution in [2.75, 3.05) is 11.1 Å². The van der Waals surface area contributed by atoms with Crippen LogP contribution in [-0.4, -0.2) is 10.8 Å². The van der Waals surface area contributed by atoms with E-state index in [0.717, 1.165) is 24.1 Å². The summed E-state index contributed by atoms with van der Waals surface area (Å²) >= 11 is 0. The van der Waals surface area contributed by atoms with Crippen LogP contribution in [0.25, 0.3) is 0 Å². The molecule has 1 aliphatic rings. The van der Waals surface area contributed by atoms with Crippen LogP contribution in [0, 0.1) is 5.82 Å². The smallest absolute Gasteiger partial charge is 0.166 e. The predicted molar refractivity (Wildman–Crippen MR) is 101 cm³/mol. The van der Waals surface area contributed by atoms with Gasteiger partial charge in [0.1, 0.15) is 11.6 Å². The average molecular weight is 352 g/mol. The third kappa shape index (κ3) is 4.27. The summed E-state index contributed by atoms with van der Waals surface area (Å²) in [5.41, 5.74) is 9.09. The molecule has 26 heavy (non-hydrogen) atoms. The van der Waals surface area contributed by atoms with Crippen LogP contribution in [0.5, 0.6) is 0 Å². The number of ketones is 1. The summed E-state index contributed by atoms with van der Waals surface area (Å²) in [6.07, 6.45) is 3.67. The van der Waals surface area contributed by atoms with Crippen molar-refractivity contribution in [1.82, 2.24) is 10.3 Å². The zero-order chi connectivity index (χ0) is 18.5. The Kier molecular flexibility index (Phi) is 5.31. The molecule has 1 heterocycles. The molecule has 1 aromatic carbocycles. The van der Waals surface area contributed by atoms with Gasteiger partial charge < -0.3 is 16.4 Å². The van der Waals surface area contributed by atoms with Crippen molar-refractivity contribution in [3.05, 3.63) is 77.5 Å². The number of carbonyl (C=O) groups excluding carboxylic acids is 1. The minimum atomic E-state index is -0.347. The molecule has 0 spiro atoms. The van der Waals surface area contributed by atoms with E-state index in [0.29, 0.717) is 35.7 Å². The lowest BCUT2D eigenvalue weighted by Gasteiger charge is -2.23. The molecular weight excluding hydrogens is 331 g/mol. The lowest BCUT2D eigenvalue weighted by molar-refractivity contribution is -0.115. The third-order valence-electron chi connectivity index (χ3n) is 4.18. The van der Waals surface area contributed by atoms with Crippen LogP contribution in [0.3, 0.4) is 0 Å². The van der Waals surface area contributed by atoms with E-state index in [4.69, 9.17) is 5.73 Å². The van der Waals surface area contributed by atoms with Crippen LogP contribution >= 0.6 is 0 Å². The van der Waals surface area contributed by atoms with Crippen molar-refractivity contribution in [1.29, 1.82) is 0 Å². The van der Waals surface area contributed by atoms with Gasteiger partial charge in [0.05, 0.1) is 5.57 Å². The molecule has 1 aromatic heterocycles. The summed E-state index contributed by atoms with van der Waals surface area (Å²) < 4.78 is 13.4. The third-order valence-corrected chi connectivity index (χ3v) is 4.18. The van der Waals surface area contributed by atoms with Gasteiger partial charge in [-0.1, -0.05) is 12.6 Å². The molecule has 2 aromatic rings. The van der Waals surface area contributed by atoms with Gasteiger partial charge in [-0.3, -0.25) is 4.79 Å². The molecule has 0 saturated carbocycles. The van der Waals surface area contributed by atoms with Gasteiger partial charge in [0.25, 0.3) is 0 Å². The minimum absolute atomic E-state index is 0.0295. The quantitative estimate of drug-likeness (QED) is 0.741. The van der Waals surface area contributed by atoms with E-state index in [-0.39, 0.29) is 11.6 Å². The molecule has 134 valence electrons. The number of aromatic nitrogens is 1. The number of pyridine rings is 1.